The third-order valence-electron chi connectivity index (χ3n) is 3.37. The summed E-state index contributed by atoms with van der Waals surface area (Å²) in [6.07, 6.45) is 0. The second kappa shape index (κ2) is 5.09. The van der Waals surface area contributed by atoms with Gasteiger partial charge < -0.3 is 10.1 Å². The Morgan fingerprint density at radius 1 is 1.35 bits per heavy atom. The van der Waals surface area contributed by atoms with E-state index in [9.17, 15) is 9.59 Å². The molecule has 0 aliphatic carbocycles. The molecular weight excluding hydrogens is 324 g/mol. The minimum atomic E-state index is -0.924. The van der Waals surface area contributed by atoms with Crippen molar-refractivity contribution in [3.8, 4) is 5.75 Å². The van der Waals surface area contributed by atoms with E-state index >= 15 is 0 Å². The summed E-state index contributed by atoms with van der Waals surface area (Å²) in [7, 11) is 1.56. The van der Waals surface area contributed by atoms with E-state index in [2.05, 4.69) is 21.2 Å². The fraction of sp³-hybridized carbons (Fsp3) is 0.429. The zero-order valence-corrected chi connectivity index (χ0v) is 13.4. The van der Waals surface area contributed by atoms with Crippen LogP contribution in [-0.2, 0) is 9.59 Å². The van der Waals surface area contributed by atoms with Crippen LogP contribution in [0.3, 0.4) is 0 Å². The molecule has 6 heteroatoms. The molecule has 1 aromatic carbocycles. The summed E-state index contributed by atoms with van der Waals surface area (Å²) in [5.74, 6) is 0.301. The Hall–Kier alpha value is -1.56. The number of hydrogen-bond donors (Lipinski definition) is 1. The molecule has 2 rings (SSSR count). The molecule has 1 heterocycles. The van der Waals surface area contributed by atoms with E-state index in [1.807, 2.05) is 0 Å². The highest BCUT2D eigenvalue weighted by molar-refractivity contribution is 9.10. The predicted molar refractivity (Wildman–Crippen MR) is 79.9 cm³/mol. The van der Waals surface area contributed by atoms with Crippen LogP contribution in [0.5, 0.6) is 5.75 Å². The normalized spacial score (nSPS) is 21.6. The number of ether oxygens (including phenoxy) is 1. The lowest BCUT2D eigenvalue weighted by atomic mass is 9.96. The number of rotatable bonds is 2. The van der Waals surface area contributed by atoms with Crippen molar-refractivity contribution in [1.29, 1.82) is 0 Å². The molecule has 1 unspecified atom stereocenters. The third-order valence-corrected chi connectivity index (χ3v) is 4.04. The first kappa shape index (κ1) is 14.8. The number of methoxy groups -OCH3 is 1. The van der Waals surface area contributed by atoms with Crippen molar-refractivity contribution in [2.45, 2.75) is 32.4 Å². The van der Waals surface area contributed by atoms with E-state index in [1.54, 1.807) is 46.1 Å². The number of halogens is 1. The topological polar surface area (TPSA) is 58.6 Å². The lowest BCUT2D eigenvalue weighted by Gasteiger charge is -2.41. The number of nitrogens with one attached hydrogen (secondary N) is 1. The summed E-state index contributed by atoms with van der Waals surface area (Å²) in [6, 6.07) is 4.76. The largest absolute Gasteiger partial charge is 0.497 e. The van der Waals surface area contributed by atoms with Crippen molar-refractivity contribution in [3.63, 3.8) is 0 Å². The van der Waals surface area contributed by atoms with Gasteiger partial charge in [0, 0.05) is 10.5 Å². The zero-order chi connectivity index (χ0) is 15.1. The molecule has 1 aliphatic heterocycles. The molecule has 1 aromatic rings. The van der Waals surface area contributed by atoms with Crippen molar-refractivity contribution in [3.05, 3.63) is 22.7 Å². The maximum atomic E-state index is 12.6. The third kappa shape index (κ3) is 2.40. The first-order chi connectivity index (χ1) is 9.27. The molecule has 0 aromatic heterocycles. The summed E-state index contributed by atoms with van der Waals surface area (Å²) < 4.78 is 5.93. The van der Waals surface area contributed by atoms with Gasteiger partial charge in [0.1, 0.15) is 17.3 Å². The Bertz CT molecular complexity index is 572. The molecule has 0 bridgehead atoms. The standard InChI is InChI=1S/C14H17BrN2O3/c1-8-12(18)16-14(2,3)13(19)17(8)11-7-9(20-4)5-6-10(11)15/h5-8H,1-4H3,(H,16,18). The molecule has 108 valence electrons. The van der Waals surface area contributed by atoms with E-state index in [1.165, 1.54) is 4.90 Å². The van der Waals surface area contributed by atoms with Crippen molar-refractivity contribution in [2.24, 2.45) is 0 Å². The molecule has 1 aliphatic rings. The molecule has 0 spiro atoms. The van der Waals surface area contributed by atoms with Gasteiger partial charge in [-0.15, -0.1) is 0 Å². The first-order valence-electron chi connectivity index (χ1n) is 6.27. The quantitative estimate of drug-likeness (QED) is 0.896. The summed E-state index contributed by atoms with van der Waals surface area (Å²) in [5.41, 5.74) is -0.295. The van der Waals surface area contributed by atoms with Crippen molar-refractivity contribution in [1.82, 2.24) is 5.32 Å². The highest BCUT2D eigenvalue weighted by Gasteiger charge is 2.44. The van der Waals surface area contributed by atoms with Crippen molar-refractivity contribution >= 4 is 33.4 Å². The Morgan fingerprint density at radius 2 is 2.00 bits per heavy atom. The molecule has 1 N–H and O–H groups in total. The number of anilines is 1. The Kier molecular flexibility index (Phi) is 3.77. The molecule has 2 amide bonds. The van der Waals surface area contributed by atoms with Crippen LogP contribution >= 0.6 is 15.9 Å². The first-order valence-corrected chi connectivity index (χ1v) is 7.06. The Balaban J connectivity index is 2.53. The number of amides is 2. The van der Waals surface area contributed by atoms with E-state index in [0.29, 0.717) is 11.4 Å². The van der Waals surface area contributed by atoms with Crippen LogP contribution in [0, 0.1) is 0 Å². The fourth-order valence-electron chi connectivity index (χ4n) is 2.18. The number of carbonyl (C=O) groups is 2. The maximum Gasteiger partial charge on any atom is 0.252 e. The van der Waals surface area contributed by atoms with Gasteiger partial charge in [-0.2, -0.15) is 0 Å². The number of hydrogen-bond acceptors (Lipinski definition) is 3. The van der Waals surface area contributed by atoms with Crippen LogP contribution in [0.2, 0.25) is 0 Å². The van der Waals surface area contributed by atoms with E-state index in [-0.39, 0.29) is 11.8 Å². The van der Waals surface area contributed by atoms with Crippen LogP contribution in [0.15, 0.2) is 22.7 Å². The molecule has 0 radical (unpaired) electrons. The molecule has 20 heavy (non-hydrogen) atoms. The summed E-state index contributed by atoms with van der Waals surface area (Å²) in [4.78, 5) is 26.2. The monoisotopic (exact) mass is 340 g/mol. The van der Waals surface area contributed by atoms with Crippen LogP contribution < -0.4 is 15.0 Å². The summed E-state index contributed by atoms with van der Waals surface area (Å²) in [6.45, 7) is 5.09. The maximum absolute atomic E-state index is 12.6. The van der Waals surface area contributed by atoms with E-state index in [0.717, 1.165) is 4.47 Å². The molecule has 1 saturated heterocycles. The van der Waals surface area contributed by atoms with Gasteiger partial charge in [0.15, 0.2) is 0 Å². The summed E-state index contributed by atoms with van der Waals surface area (Å²) in [5, 5.41) is 2.73. The number of benzene rings is 1. The Labute approximate surface area is 126 Å². The van der Waals surface area contributed by atoms with Gasteiger partial charge in [0.2, 0.25) is 5.91 Å². The van der Waals surface area contributed by atoms with Crippen molar-refractivity contribution < 1.29 is 14.3 Å². The van der Waals surface area contributed by atoms with Crippen molar-refractivity contribution in [2.75, 3.05) is 12.0 Å². The van der Waals surface area contributed by atoms with E-state index < -0.39 is 11.6 Å². The predicted octanol–water partition coefficient (Wildman–Crippen LogP) is 2.09. The van der Waals surface area contributed by atoms with Gasteiger partial charge in [-0.1, -0.05) is 0 Å². The fourth-order valence-corrected chi connectivity index (χ4v) is 2.62. The van der Waals surface area contributed by atoms with Gasteiger partial charge in [0.25, 0.3) is 5.91 Å². The Morgan fingerprint density at radius 3 is 2.60 bits per heavy atom. The SMILES string of the molecule is COc1ccc(Br)c(N2C(=O)C(C)(C)NC(=O)C2C)c1. The molecule has 0 saturated carbocycles. The van der Waals surface area contributed by atoms with Gasteiger partial charge in [0.05, 0.1) is 12.8 Å². The average Bonchev–Trinajstić information content (AvgIpc) is 2.38. The van der Waals surface area contributed by atoms with Crippen LogP contribution in [0.1, 0.15) is 20.8 Å². The highest BCUT2D eigenvalue weighted by Crippen LogP contribution is 2.34. The van der Waals surface area contributed by atoms with E-state index in [4.69, 9.17) is 4.74 Å². The van der Waals surface area contributed by atoms with Crippen LogP contribution in [-0.4, -0.2) is 30.5 Å². The number of carbonyl (C=O) groups excluding carboxylic acids is 2. The lowest BCUT2D eigenvalue weighted by Crippen LogP contribution is -2.67. The molecule has 1 atom stereocenters. The molecule has 5 nitrogen and oxygen atoms in total. The van der Waals surface area contributed by atoms with Crippen LogP contribution in [0.25, 0.3) is 0 Å². The lowest BCUT2D eigenvalue weighted by molar-refractivity contribution is -0.136. The molecular formula is C14H17BrN2O3. The van der Waals surface area contributed by atoms with Gasteiger partial charge in [-0.3, -0.25) is 14.5 Å². The second-order valence-electron chi connectivity index (χ2n) is 5.28. The van der Waals surface area contributed by atoms with Crippen LogP contribution in [0.4, 0.5) is 5.69 Å². The van der Waals surface area contributed by atoms with Gasteiger partial charge >= 0.3 is 0 Å². The summed E-state index contributed by atoms with van der Waals surface area (Å²) >= 11 is 3.43. The smallest absolute Gasteiger partial charge is 0.252 e. The molecule has 1 fully saturated rings. The van der Waals surface area contributed by atoms with Gasteiger partial charge in [-0.05, 0) is 48.8 Å². The zero-order valence-electron chi connectivity index (χ0n) is 11.9. The highest BCUT2D eigenvalue weighted by atomic mass is 79.9. The minimum Gasteiger partial charge on any atom is -0.497 e. The number of nitrogens with zero attached hydrogens (tertiary/aromatic N) is 1. The van der Waals surface area contributed by atoms with Gasteiger partial charge in [-0.25, -0.2) is 0 Å². The average molecular weight is 341 g/mol. The minimum absolute atomic E-state index is 0.154. The second-order valence-corrected chi connectivity index (χ2v) is 6.14. The number of piperazine rings is 1.